The van der Waals surface area contributed by atoms with Gasteiger partial charge in [-0.25, -0.2) is 4.52 Å². The second kappa shape index (κ2) is 5.90. The Morgan fingerprint density at radius 1 is 1.16 bits per heavy atom. The van der Waals surface area contributed by atoms with E-state index in [1.54, 1.807) is 17.6 Å². The minimum Gasteiger partial charge on any atom is -0.358 e. The molecular weight excluding hydrogens is 316 g/mol. The van der Waals surface area contributed by atoms with Crippen molar-refractivity contribution in [3.8, 4) is 0 Å². The van der Waals surface area contributed by atoms with Crippen molar-refractivity contribution in [2.45, 2.75) is 13.5 Å². The van der Waals surface area contributed by atoms with Crippen molar-refractivity contribution in [3.63, 3.8) is 0 Å². The number of nitrogens with one attached hydrogen (secondary N) is 2. The number of hydrogen-bond donors (Lipinski definition) is 2. The molecule has 6 nitrogen and oxygen atoms in total. The third-order valence-electron chi connectivity index (χ3n) is 4.27. The van der Waals surface area contributed by atoms with Gasteiger partial charge in [-0.1, -0.05) is 24.3 Å². The van der Waals surface area contributed by atoms with Gasteiger partial charge in [-0.05, 0) is 25.1 Å². The fourth-order valence-corrected chi connectivity index (χ4v) is 3.06. The van der Waals surface area contributed by atoms with Crippen LogP contribution in [0.15, 0.2) is 54.9 Å². The SMILES string of the molecule is Cc1[nH]c2ccccc2c1C(=O)C(=O)NCc1cnn2ccccc12. The van der Waals surface area contributed by atoms with E-state index in [1.165, 1.54) is 0 Å². The molecule has 0 radical (unpaired) electrons. The van der Waals surface area contributed by atoms with Crippen LogP contribution in [0.5, 0.6) is 0 Å². The molecule has 0 atom stereocenters. The van der Waals surface area contributed by atoms with Gasteiger partial charge in [0.25, 0.3) is 11.7 Å². The Balaban J connectivity index is 1.56. The summed E-state index contributed by atoms with van der Waals surface area (Å²) in [5.41, 5.74) is 3.72. The molecule has 2 N–H and O–H groups in total. The molecule has 0 bridgehead atoms. The van der Waals surface area contributed by atoms with E-state index in [4.69, 9.17) is 0 Å². The molecule has 0 unspecified atom stereocenters. The van der Waals surface area contributed by atoms with Gasteiger partial charge in [-0.2, -0.15) is 5.10 Å². The number of rotatable bonds is 4. The molecule has 1 aromatic carbocycles. The molecular formula is C19H16N4O2. The lowest BCUT2D eigenvalue weighted by Crippen LogP contribution is -2.30. The summed E-state index contributed by atoms with van der Waals surface area (Å²) in [6, 6.07) is 13.2. The zero-order valence-corrected chi connectivity index (χ0v) is 13.6. The lowest BCUT2D eigenvalue weighted by Gasteiger charge is -2.04. The number of aromatic amines is 1. The molecule has 0 aliphatic rings. The molecule has 0 fully saturated rings. The number of nitrogens with zero attached hydrogens (tertiary/aromatic N) is 2. The van der Waals surface area contributed by atoms with E-state index in [-0.39, 0.29) is 6.54 Å². The first-order valence-corrected chi connectivity index (χ1v) is 7.96. The topological polar surface area (TPSA) is 79.3 Å². The number of aryl methyl sites for hydroxylation is 1. The number of aromatic nitrogens is 3. The first-order chi connectivity index (χ1) is 12.1. The van der Waals surface area contributed by atoms with Crippen LogP contribution in [0.25, 0.3) is 16.4 Å². The molecule has 0 spiro atoms. The summed E-state index contributed by atoms with van der Waals surface area (Å²) in [5.74, 6) is -1.16. The van der Waals surface area contributed by atoms with E-state index in [0.717, 1.165) is 22.0 Å². The standard InChI is InChI=1S/C19H16N4O2/c1-12-17(14-6-2-3-7-15(14)22-12)18(24)19(25)20-10-13-11-21-23-9-5-4-8-16(13)23/h2-9,11,22H,10H2,1H3,(H,20,25). The maximum atomic E-state index is 12.6. The van der Waals surface area contributed by atoms with E-state index < -0.39 is 11.7 Å². The number of hydrogen-bond acceptors (Lipinski definition) is 3. The summed E-state index contributed by atoms with van der Waals surface area (Å²) >= 11 is 0. The van der Waals surface area contributed by atoms with Gasteiger partial charge in [0.05, 0.1) is 17.3 Å². The third-order valence-corrected chi connectivity index (χ3v) is 4.27. The highest BCUT2D eigenvalue weighted by atomic mass is 16.2. The van der Waals surface area contributed by atoms with Crippen molar-refractivity contribution in [2.75, 3.05) is 0 Å². The fraction of sp³-hybridized carbons (Fsp3) is 0.105. The van der Waals surface area contributed by atoms with Crippen molar-refractivity contribution in [2.24, 2.45) is 0 Å². The molecule has 6 heteroatoms. The molecule has 124 valence electrons. The van der Waals surface area contributed by atoms with Gasteiger partial charge in [0.1, 0.15) is 0 Å². The van der Waals surface area contributed by atoms with Gasteiger partial charge in [0.15, 0.2) is 0 Å². The van der Waals surface area contributed by atoms with E-state index in [9.17, 15) is 9.59 Å². The van der Waals surface area contributed by atoms with Crippen LogP contribution in [-0.4, -0.2) is 26.3 Å². The monoisotopic (exact) mass is 332 g/mol. The quantitative estimate of drug-likeness (QED) is 0.445. The Hall–Kier alpha value is -3.41. The summed E-state index contributed by atoms with van der Waals surface area (Å²) < 4.78 is 1.73. The van der Waals surface area contributed by atoms with Crippen LogP contribution in [0.3, 0.4) is 0 Å². The van der Waals surface area contributed by atoms with Gasteiger partial charge in [-0.15, -0.1) is 0 Å². The minimum atomic E-state index is -0.622. The Bertz CT molecular complexity index is 1110. The van der Waals surface area contributed by atoms with Crippen molar-refractivity contribution < 1.29 is 9.59 Å². The molecule has 3 heterocycles. The Morgan fingerprint density at radius 3 is 2.84 bits per heavy atom. The average molecular weight is 332 g/mol. The van der Waals surface area contributed by atoms with E-state index >= 15 is 0 Å². The zero-order valence-electron chi connectivity index (χ0n) is 13.6. The van der Waals surface area contributed by atoms with Crippen LogP contribution < -0.4 is 5.32 Å². The highest BCUT2D eigenvalue weighted by molar-refractivity contribution is 6.45. The number of H-pyrrole nitrogens is 1. The Morgan fingerprint density at radius 2 is 1.96 bits per heavy atom. The highest BCUT2D eigenvalue weighted by Crippen LogP contribution is 2.22. The molecule has 3 aromatic heterocycles. The van der Waals surface area contributed by atoms with Crippen molar-refractivity contribution >= 4 is 28.1 Å². The Kier molecular flexibility index (Phi) is 3.57. The van der Waals surface area contributed by atoms with E-state index in [1.807, 2.05) is 48.7 Å². The van der Waals surface area contributed by atoms with E-state index in [0.29, 0.717) is 11.3 Å². The summed E-state index contributed by atoms with van der Waals surface area (Å²) in [6.07, 6.45) is 3.53. The number of Topliss-reactive ketones (excluding diaryl/α,β-unsaturated/α-hetero) is 1. The van der Waals surface area contributed by atoms with Crippen molar-refractivity contribution in [1.29, 1.82) is 0 Å². The van der Waals surface area contributed by atoms with Gasteiger partial charge >= 0.3 is 0 Å². The molecule has 0 aliphatic heterocycles. The number of fused-ring (bicyclic) bond motifs is 2. The minimum absolute atomic E-state index is 0.249. The predicted octanol–water partition coefficient (Wildman–Crippen LogP) is 2.62. The van der Waals surface area contributed by atoms with Crippen molar-refractivity contribution in [3.05, 3.63) is 71.7 Å². The van der Waals surface area contributed by atoms with Crippen LogP contribution >= 0.6 is 0 Å². The molecule has 25 heavy (non-hydrogen) atoms. The zero-order chi connectivity index (χ0) is 17.4. The molecule has 0 saturated carbocycles. The van der Waals surface area contributed by atoms with Gasteiger partial charge in [0.2, 0.25) is 0 Å². The summed E-state index contributed by atoms with van der Waals surface area (Å²) in [4.78, 5) is 28.1. The number of carbonyl (C=O) groups excluding carboxylic acids is 2. The smallest absolute Gasteiger partial charge is 0.292 e. The summed E-state index contributed by atoms with van der Waals surface area (Å²) in [5, 5.41) is 7.68. The second-order valence-electron chi connectivity index (χ2n) is 5.88. The maximum Gasteiger partial charge on any atom is 0.292 e. The fourth-order valence-electron chi connectivity index (χ4n) is 3.06. The first kappa shape index (κ1) is 15.1. The van der Waals surface area contributed by atoms with Gasteiger partial charge in [0, 0.05) is 34.9 Å². The number of ketones is 1. The van der Waals surface area contributed by atoms with Crippen LogP contribution in [-0.2, 0) is 11.3 Å². The molecule has 4 rings (SSSR count). The average Bonchev–Trinajstić information content (AvgIpc) is 3.19. The molecule has 1 amide bonds. The lowest BCUT2D eigenvalue weighted by atomic mass is 10.1. The second-order valence-corrected chi connectivity index (χ2v) is 5.88. The van der Waals surface area contributed by atoms with Crippen molar-refractivity contribution in [1.82, 2.24) is 19.9 Å². The highest BCUT2D eigenvalue weighted by Gasteiger charge is 2.22. The van der Waals surface area contributed by atoms with Crippen LogP contribution in [0, 0.1) is 6.92 Å². The number of para-hydroxylation sites is 1. The van der Waals surface area contributed by atoms with Crippen LogP contribution in [0.2, 0.25) is 0 Å². The van der Waals surface area contributed by atoms with Gasteiger partial charge in [-0.3, -0.25) is 9.59 Å². The third kappa shape index (κ3) is 2.57. The summed E-state index contributed by atoms with van der Waals surface area (Å²) in [7, 11) is 0. The maximum absolute atomic E-state index is 12.6. The van der Waals surface area contributed by atoms with E-state index in [2.05, 4.69) is 15.4 Å². The largest absolute Gasteiger partial charge is 0.358 e. The number of benzene rings is 1. The molecule has 0 saturated heterocycles. The van der Waals surface area contributed by atoms with Crippen LogP contribution in [0.1, 0.15) is 21.6 Å². The normalized spacial score (nSPS) is 11.1. The molecule has 4 aromatic rings. The van der Waals surface area contributed by atoms with Gasteiger partial charge < -0.3 is 10.3 Å². The lowest BCUT2D eigenvalue weighted by molar-refractivity contribution is -0.117. The van der Waals surface area contributed by atoms with Crippen LogP contribution in [0.4, 0.5) is 0 Å². The number of amides is 1. The number of carbonyl (C=O) groups is 2. The Labute approximate surface area is 143 Å². The predicted molar refractivity (Wildman–Crippen MR) is 94.4 cm³/mol. The number of pyridine rings is 1. The molecule has 0 aliphatic carbocycles. The summed E-state index contributed by atoms with van der Waals surface area (Å²) in [6.45, 7) is 2.05. The first-order valence-electron chi connectivity index (χ1n) is 7.96.